The van der Waals surface area contributed by atoms with E-state index in [1.807, 2.05) is 6.21 Å². The monoisotopic (exact) mass is 318 g/mol. The lowest BCUT2D eigenvalue weighted by Gasteiger charge is -2.11. The maximum absolute atomic E-state index is 4.71. The Bertz CT molecular complexity index is 861. The minimum atomic E-state index is -0.0902. The molecule has 0 spiro atoms. The van der Waals surface area contributed by atoms with Crippen LogP contribution < -0.4 is 0 Å². The number of hydrogen-bond acceptors (Lipinski definition) is 1. The van der Waals surface area contributed by atoms with Crippen LogP contribution in [-0.4, -0.2) is 16.3 Å². The van der Waals surface area contributed by atoms with Crippen molar-refractivity contribution < 1.29 is 0 Å². The number of fused-ring (bicyclic) bond motifs is 1. The third-order valence-corrected chi connectivity index (χ3v) is 4.37. The maximum atomic E-state index is 4.71. The highest BCUT2D eigenvalue weighted by atomic mass is 15.0. The fourth-order valence-corrected chi connectivity index (χ4v) is 3.04. The Kier molecular flexibility index (Phi) is 4.62. The molecule has 0 saturated heterocycles. The second kappa shape index (κ2) is 6.69. The van der Waals surface area contributed by atoms with Crippen LogP contribution in [0.5, 0.6) is 0 Å². The van der Waals surface area contributed by atoms with Crippen LogP contribution in [0, 0.1) is 11.8 Å². The van der Waals surface area contributed by atoms with Gasteiger partial charge in [0.05, 0.1) is 16.8 Å². The van der Waals surface area contributed by atoms with Gasteiger partial charge < -0.3 is 4.57 Å². The highest BCUT2D eigenvalue weighted by Crippen LogP contribution is 2.25. The third kappa shape index (κ3) is 3.62. The van der Waals surface area contributed by atoms with E-state index in [1.54, 1.807) is 0 Å². The van der Waals surface area contributed by atoms with Gasteiger partial charge in [0.2, 0.25) is 0 Å². The van der Waals surface area contributed by atoms with Crippen molar-refractivity contribution in [2.75, 3.05) is 0 Å². The van der Waals surface area contributed by atoms with E-state index in [1.165, 1.54) is 29.3 Å². The molecule has 1 aromatic carbocycles. The first-order chi connectivity index (χ1) is 11.5. The minimum absolute atomic E-state index is 0.0902. The molecule has 0 saturated carbocycles. The molecule has 24 heavy (non-hydrogen) atoms. The summed E-state index contributed by atoms with van der Waals surface area (Å²) in [5, 5.41) is 1.21. The number of hydrogen-bond donors (Lipinski definition) is 0. The summed E-state index contributed by atoms with van der Waals surface area (Å²) in [4.78, 5) is 4.71. The standard InChI is InChI=1S/C22H26N2/c1-22(2,3)23-16-21-19(15-14-17-10-6-5-7-11-17)18-12-8-9-13-20(18)24(21)4/h8-10,12-13,16H,5-7,11H2,1-4H3. The summed E-state index contributed by atoms with van der Waals surface area (Å²) in [6.07, 6.45) is 9.11. The Morgan fingerprint density at radius 1 is 1.12 bits per heavy atom. The summed E-state index contributed by atoms with van der Waals surface area (Å²) in [5.41, 5.74) is 4.58. The van der Waals surface area contributed by atoms with Gasteiger partial charge in [0.15, 0.2) is 0 Å². The van der Waals surface area contributed by atoms with Gasteiger partial charge in [-0.15, -0.1) is 0 Å². The Labute approximate surface area is 145 Å². The van der Waals surface area contributed by atoms with E-state index in [0.717, 1.165) is 24.1 Å². The number of aromatic nitrogens is 1. The summed E-state index contributed by atoms with van der Waals surface area (Å²) >= 11 is 0. The van der Waals surface area contributed by atoms with E-state index in [0.29, 0.717) is 0 Å². The first kappa shape index (κ1) is 16.6. The normalized spacial score (nSPS) is 15.4. The van der Waals surface area contributed by atoms with Crippen molar-refractivity contribution in [2.45, 2.75) is 52.0 Å². The van der Waals surface area contributed by atoms with Crippen LogP contribution in [0.2, 0.25) is 0 Å². The molecule has 1 aliphatic carbocycles. The predicted molar refractivity (Wildman–Crippen MR) is 104 cm³/mol. The van der Waals surface area contributed by atoms with E-state index in [4.69, 9.17) is 4.99 Å². The van der Waals surface area contributed by atoms with E-state index >= 15 is 0 Å². The quantitative estimate of drug-likeness (QED) is 0.505. The highest BCUT2D eigenvalue weighted by molar-refractivity contribution is 5.97. The maximum Gasteiger partial charge on any atom is 0.0756 e. The molecular weight excluding hydrogens is 292 g/mol. The molecule has 0 bridgehead atoms. The van der Waals surface area contributed by atoms with Crippen LogP contribution in [0.15, 0.2) is 40.9 Å². The van der Waals surface area contributed by atoms with Crippen molar-refractivity contribution in [3.8, 4) is 11.8 Å². The molecule has 0 atom stereocenters. The number of aryl methyl sites for hydroxylation is 1. The predicted octanol–water partition coefficient (Wildman–Crippen LogP) is 5.25. The van der Waals surface area contributed by atoms with Gasteiger partial charge in [0, 0.05) is 24.2 Å². The Morgan fingerprint density at radius 2 is 1.92 bits per heavy atom. The van der Waals surface area contributed by atoms with Crippen molar-refractivity contribution in [1.82, 2.24) is 4.57 Å². The number of rotatable bonds is 1. The molecule has 0 radical (unpaired) electrons. The molecule has 2 aromatic rings. The molecule has 1 heterocycles. The SMILES string of the molecule is Cn1c(C=NC(C)(C)C)c(C#CC2=CCCCC2)c2ccccc21. The lowest BCUT2D eigenvalue weighted by Crippen LogP contribution is -2.10. The number of allylic oxidation sites excluding steroid dienone is 2. The molecule has 1 aliphatic rings. The van der Waals surface area contributed by atoms with Crippen LogP contribution in [0.1, 0.15) is 57.7 Å². The summed E-state index contributed by atoms with van der Waals surface area (Å²) in [6, 6.07) is 8.46. The number of nitrogens with zero attached hydrogens (tertiary/aromatic N) is 2. The van der Waals surface area contributed by atoms with Crippen LogP contribution >= 0.6 is 0 Å². The molecule has 0 aliphatic heterocycles. The number of para-hydroxylation sites is 1. The summed E-state index contributed by atoms with van der Waals surface area (Å²) in [7, 11) is 2.09. The molecule has 0 N–H and O–H groups in total. The van der Waals surface area contributed by atoms with Gasteiger partial charge in [0.25, 0.3) is 0 Å². The van der Waals surface area contributed by atoms with Gasteiger partial charge in [-0.3, -0.25) is 4.99 Å². The third-order valence-electron chi connectivity index (χ3n) is 4.37. The van der Waals surface area contributed by atoms with Gasteiger partial charge in [0.1, 0.15) is 0 Å². The van der Waals surface area contributed by atoms with Gasteiger partial charge in [-0.1, -0.05) is 36.1 Å². The molecule has 2 heteroatoms. The average molecular weight is 318 g/mol. The van der Waals surface area contributed by atoms with Crippen molar-refractivity contribution in [3.63, 3.8) is 0 Å². The van der Waals surface area contributed by atoms with E-state index < -0.39 is 0 Å². The van der Waals surface area contributed by atoms with Gasteiger partial charge >= 0.3 is 0 Å². The second-order valence-corrected chi connectivity index (χ2v) is 7.49. The molecule has 0 amide bonds. The summed E-state index contributed by atoms with van der Waals surface area (Å²) < 4.78 is 2.20. The number of aliphatic imine (C=N–C) groups is 1. The first-order valence-electron chi connectivity index (χ1n) is 8.79. The molecule has 0 unspecified atom stereocenters. The fourth-order valence-electron chi connectivity index (χ4n) is 3.04. The molecule has 1 aromatic heterocycles. The van der Waals surface area contributed by atoms with Gasteiger partial charge in [-0.2, -0.15) is 0 Å². The second-order valence-electron chi connectivity index (χ2n) is 7.49. The summed E-state index contributed by atoms with van der Waals surface area (Å²) in [6.45, 7) is 6.35. The largest absolute Gasteiger partial charge is 0.342 e. The van der Waals surface area contributed by atoms with Crippen LogP contribution in [0.3, 0.4) is 0 Å². The van der Waals surface area contributed by atoms with Crippen molar-refractivity contribution in [1.29, 1.82) is 0 Å². The summed E-state index contributed by atoms with van der Waals surface area (Å²) in [5.74, 6) is 6.87. The molecule has 2 nitrogen and oxygen atoms in total. The van der Waals surface area contributed by atoms with Crippen molar-refractivity contribution in [3.05, 3.63) is 47.2 Å². The Balaban J connectivity index is 2.12. The van der Waals surface area contributed by atoms with Gasteiger partial charge in [-0.25, -0.2) is 0 Å². The zero-order valence-electron chi connectivity index (χ0n) is 15.2. The van der Waals surface area contributed by atoms with E-state index in [-0.39, 0.29) is 5.54 Å². The van der Waals surface area contributed by atoms with Gasteiger partial charge in [-0.05, 0) is 58.1 Å². The zero-order chi connectivity index (χ0) is 17.2. The average Bonchev–Trinajstić information content (AvgIpc) is 2.83. The zero-order valence-corrected chi connectivity index (χ0v) is 15.2. The topological polar surface area (TPSA) is 17.3 Å². The first-order valence-corrected chi connectivity index (χ1v) is 8.79. The van der Waals surface area contributed by atoms with Crippen LogP contribution in [0.25, 0.3) is 10.9 Å². The van der Waals surface area contributed by atoms with Crippen LogP contribution in [0.4, 0.5) is 0 Å². The van der Waals surface area contributed by atoms with Crippen molar-refractivity contribution >= 4 is 17.1 Å². The molecule has 124 valence electrons. The van der Waals surface area contributed by atoms with Crippen LogP contribution in [-0.2, 0) is 7.05 Å². The Morgan fingerprint density at radius 3 is 2.62 bits per heavy atom. The number of benzene rings is 1. The highest BCUT2D eigenvalue weighted by Gasteiger charge is 2.13. The van der Waals surface area contributed by atoms with E-state index in [2.05, 4.69) is 74.6 Å². The minimum Gasteiger partial charge on any atom is -0.342 e. The van der Waals surface area contributed by atoms with E-state index in [9.17, 15) is 0 Å². The lowest BCUT2D eigenvalue weighted by molar-refractivity contribution is 0.586. The Hall–Kier alpha value is -2.27. The fraction of sp³-hybridized carbons (Fsp3) is 0.409. The molecule has 0 fully saturated rings. The lowest BCUT2D eigenvalue weighted by atomic mass is 9.99. The van der Waals surface area contributed by atoms with Crippen molar-refractivity contribution in [2.24, 2.45) is 12.0 Å². The smallest absolute Gasteiger partial charge is 0.0756 e. The molecule has 3 rings (SSSR count). The molecular formula is C22H26N2.